The minimum Gasteiger partial charge on any atom is -0.379 e. The van der Waals surface area contributed by atoms with Crippen molar-refractivity contribution in [2.24, 2.45) is 0 Å². The maximum absolute atomic E-state index is 12.8. The SMILES string of the molecule is O=C(CSc1nc(C2CC2)n(-c2ccccc2)n1)c1ccc(S(=O)(=O)N2CCOCC2)cc1. The molecule has 1 aromatic heterocycles. The number of carbonyl (C=O) groups excluding carboxylic acids is 1. The van der Waals surface area contributed by atoms with Gasteiger partial charge in [-0.15, -0.1) is 5.10 Å². The first-order chi connectivity index (χ1) is 16.0. The third kappa shape index (κ3) is 4.89. The minimum absolute atomic E-state index is 0.0978. The maximum atomic E-state index is 12.8. The number of ether oxygens (including phenoxy) is 1. The highest BCUT2D eigenvalue weighted by Crippen LogP contribution is 2.40. The lowest BCUT2D eigenvalue weighted by Crippen LogP contribution is -2.40. The Morgan fingerprint density at radius 1 is 1.03 bits per heavy atom. The Morgan fingerprint density at radius 3 is 2.39 bits per heavy atom. The second kappa shape index (κ2) is 9.38. The number of benzene rings is 2. The van der Waals surface area contributed by atoms with Gasteiger partial charge in [0.2, 0.25) is 15.2 Å². The van der Waals surface area contributed by atoms with Crippen LogP contribution in [0.3, 0.4) is 0 Å². The smallest absolute Gasteiger partial charge is 0.243 e. The monoisotopic (exact) mass is 484 g/mol. The van der Waals surface area contributed by atoms with E-state index in [-0.39, 0.29) is 16.4 Å². The summed E-state index contributed by atoms with van der Waals surface area (Å²) in [5, 5.41) is 5.20. The Bertz CT molecular complexity index is 1230. The summed E-state index contributed by atoms with van der Waals surface area (Å²) in [5.41, 5.74) is 1.43. The van der Waals surface area contributed by atoms with Crippen LogP contribution in [0, 0.1) is 0 Å². The molecule has 3 aromatic rings. The molecule has 2 heterocycles. The molecule has 0 atom stereocenters. The molecule has 5 rings (SSSR count). The number of morpholine rings is 1. The molecule has 0 bridgehead atoms. The third-order valence-corrected chi connectivity index (χ3v) is 8.42. The number of aromatic nitrogens is 3. The number of Topliss-reactive ketones (excluding diaryl/α,β-unsaturated/α-hetero) is 1. The summed E-state index contributed by atoms with van der Waals surface area (Å²) >= 11 is 1.30. The van der Waals surface area contributed by atoms with Crippen molar-refractivity contribution in [1.29, 1.82) is 0 Å². The number of para-hydroxylation sites is 1. The number of ketones is 1. The van der Waals surface area contributed by atoms with Crippen LogP contribution in [-0.4, -0.2) is 65.3 Å². The Morgan fingerprint density at radius 2 is 1.73 bits per heavy atom. The lowest BCUT2D eigenvalue weighted by atomic mass is 10.1. The van der Waals surface area contributed by atoms with E-state index in [4.69, 9.17) is 4.74 Å². The molecule has 10 heteroatoms. The maximum Gasteiger partial charge on any atom is 0.243 e. The van der Waals surface area contributed by atoms with Crippen molar-refractivity contribution in [3.05, 3.63) is 66.0 Å². The number of hydrogen-bond acceptors (Lipinski definition) is 7. The van der Waals surface area contributed by atoms with Gasteiger partial charge in [-0.3, -0.25) is 4.79 Å². The van der Waals surface area contributed by atoms with Crippen LogP contribution in [0.25, 0.3) is 5.69 Å². The van der Waals surface area contributed by atoms with Gasteiger partial charge in [-0.25, -0.2) is 18.1 Å². The van der Waals surface area contributed by atoms with E-state index in [1.807, 2.05) is 35.0 Å². The average molecular weight is 485 g/mol. The van der Waals surface area contributed by atoms with E-state index < -0.39 is 10.0 Å². The molecule has 0 spiro atoms. The molecule has 2 aromatic carbocycles. The minimum atomic E-state index is -3.58. The van der Waals surface area contributed by atoms with Crippen LogP contribution in [0.5, 0.6) is 0 Å². The van der Waals surface area contributed by atoms with Crippen LogP contribution < -0.4 is 0 Å². The topological polar surface area (TPSA) is 94.4 Å². The van der Waals surface area contributed by atoms with Crippen LogP contribution in [0.1, 0.15) is 34.9 Å². The highest BCUT2D eigenvalue weighted by molar-refractivity contribution is 7.99. The molecule has 33 heavy (non-hydrogen) atoms. The largest absolute Gasteiger partial charge is 0.379 e. The third-order valence-electron chi connectivity index (χ3n) is 5.67. The lowest BCUT2D eigenvalue weighted by Gasteiger charge is -2.26. The molecule has 1 saturated heterocycles. The van der Waals surface area contributed by atoms with Gasteiger partial charge in [-0.1, -0.05) is 42.1 Å². The molecule has 0 unspecified atom stereocenters. The van der Waals surface area contributed by atoms with Gasteiger partial charge in [0.05, 0.1) is 29.5 Å². The fourth-order valence-corrected chi connectivity index (χ4v) is 5.83. The molecule has 172 valence electrons. The molecule has 1 aliphatic carbocycles. The van der Waals surface area contributed by atoms with E-state index >= 15 is 0 Å². The van der Waals surface area contributed by atoms with Crippen molar-refractivity contribution < 1.29 is 17.9 Å². The average Bonchev–Trinajstić information content (AvgIpc) is 3.62. The van der Waals surface area contributed by atoms with Crippen molar-refractivity contribution in [2.45, 2.75) is 28.8 Å². The van der Waals surface area contributed by atoms with Crippen molar-refractivity contribution in [1.82, 2.24) is 19.1 Å². The standard InChI is InChI=1S/C23H24N4O4S2/c28-21(17-8-10-20(11-9-17)33(29,30)26-12-14-31-15-13-26)16-32-23-24-22(18-6-7-18)27(25-23)19-4-2-1-3-5-19/h1-5,8-11,18H,6-7,12-16H2. The summed E-state index contributed by atoms with van der Waals surface area (Å²) in [6, 6.07) is 16.0. The molecular weight excluding hydrogens is 460 g/mol. The van der Waals surface area contributed by atoms with Gasteiger partial charge in [0.1, 0.15) is 5.82 Å². The zero-order valence-electron chi connectivity index (χ0n) is 18.0. The van der Waals surface area contributed by atoms with Crippen molar-refractivity contribution >= 4 is 27.6 Å². The molecule has 1 aliphatic heterocycles. The Hall–Kier alpha value is -2.53. The van der Waals surface area contributed by atoms with Gasteiger partial charge in [0.25, 0.3) is 0 Å². The second-order valence-electron chi connectivity index (χ2n) is 8.03. The van der Waals surface area contributed by atoms with E-state index in [0.29, 0.717) is 42.9 Å². The highest BCUT2D eigenvalue weighted by Gasteiger charge is 2.31. The summed E-state index contributed by atoms with van der Waals surface area (Å²) in [6.07, 6.45) is 2.21. The summed E-state index contributed by atoms with van der Waals surface area (Å²) in [5.74, 6) is 1.44. The molecule has 8 nitrogen and oxygen atoms in total. The number of sulfonamides is 1. The quantitative estimate of drug-likeness (QED) is 0.358. The predicted molar refractivity (Wildman–Crippen MR) is 124 cm³/mol. The van der Waals surface area contributed by atoms with Gasteiger partial charge in [-0.2, -0.15) is 4.31 Å². The van der Waals surface area contributed by atoms with Crippen LogP contribution in [0.2, 0.25) is 0 Å². The summed E-state index contributed by atoms with van der Waals surface area (Å²) in [4.78, 5) is 17.6. The first-order valence-corrected chi connectivity index (χ1v) is 13.3. The fraction of sp³-hybridized carbons (Fsp3) is 0.348. The number of carbonyl (C=O) groups is 1. The van der Waals surface area contributed by atoms with E-state index in [0.717, 1.165) is 24.4 Å². The van der Waals surface area contributed by atoms with E-state index in [1.54, 1.807) is 12.1 Å². The van der Waals surface area contributed by atoms with Gasteiger partial charge < -0.3 is 4.74 Å². The Kier molecular flexibility index (Phi) is 6.33. The Balaban J connectivity index is 1.26. The van der Waals surface area contributed by atoms with Crippen molar-refractivity contribution in [2.75, 3.05) is 32.1 Å². The van der Waals surface area contributed by atoms with E-state index in [9.17, 15) is 13.2 Å². The first-order valence-electron chi connectivity index (χ1n) is 10.9. The number of rotatable bonds is 8. The molecule has 2 fully saturated rings. The van der Waals surface area contributed by atoms with Crippen molar-refractivity contribution in [3.8, 4) is 5.69 Å². The van der Waals surface area contributed by atoms with Crippen LogP contribution in [-0.2, 0) is 14.8 Å². The summed E-state index contributed by atoms with van der Waals surface area (Å²) < 4.78 is 34.0. The molecular formula is C23H24N4O4S2. The normalized spacial score (nSPS) is 17.2. The summed E-state index contributed by atoms with van der Waals surface area (Å²) in [7, 11) is -3.58. The van der Waals surface area contributed by atoms with Gasteiger partial charge in [-0.05, 0) is 37.1 Å². The predicted octanol–water partition coefficient (Wildman–Crippen LogP) is 3.14. The number of thioether (sulfide) groups is 1. The summed E-state index contributed by atoms with van der Waals surface area (Å²) in [6.45, 7) is 1.46. The molecule has 0 radical (unpaired) electrons. The second-order valence-corrected chi connectivity index (χ2v) is 10.9. The van der Waals surface area contributed by atoms with Crippen LogP contribution in [0.15, 0.2) is 64.6 Å². The van der Waals surface area contributed by atoms with E-state index in [2.05, 4.69) is 10.1 Å². The van der Waals surface area contributed by atoms with Gasteiger partial charge >= 0.3 is 0 Å². The molecule has 0 N–H and O–H groups in total. The van der Waals surface area contributed by atoms with E-state index in [1.165, 1.54) is 28.2 Å². The Labute approximate surface area is 197 Å². The number of nitrogens with zero attached hydrogens (tertiary/aromatic N) is 4. The molecule has 0 amide bonds. The zero-order valence-corrected chi connectivity index (χ0v) is 19.6. The van der Waals surface area contributed by atoms with Gasteiger partial charge in [0.15, 0.2) is 5.78 Å². The van der Waals surface area contributed by atoms with Crippen molar-refractivity contribution in [3.63, 3.8) is 0 Å². The molecule has 1 saturated carbocycles. The van der Waals surface area contributed by atoms with Gasteiger partial charge in [0, 0.05) is 24.6 Å². The number of hydrogen-bond donors (Lipinski definition) is 0. The lowest BCUT2D eigenvalue weighted by molar-refractivity contribution is 0.0730. The zero-order chi connectivity index (χ0) is 22.8. The fourth-order valence-electron chi connectivity index (χ4n) is 3.69. The highest BCUT2D eigenvalue weighted by atomic mass is 32.2. The molecule has 2 aliphatic rings. The first kappa shape index (κ1) is 22.3. The van der Waals surface area contributed by atoms with Crippen LogP contribution in [0.4, 0.5) is 0 Å². The van der Waals surface area contributed by atoms with Crippen LogP contribution >= 0.6 is 11.8 Å².